The molecule has 0 radical (unpaired) electrons. The van der Waals surface area contributed by atoms with Gasteiger partial charge in [-0.05, 0) is 31.8 Å². The van der Waals surface area contributed by atoms with E-state index >= 15 is 0 Å². The molecule has 0 spiro atoms. The Morgan fingerprint density at radius 1 is 1.47 bits per heavy atom. The lowest BCUT2D eigenvalue weighted by molar-refractivity contribution is -0.136. The van der Waals surface area contributed by atoms with Gasteiger partial charge in [-0.3, -0.25) is 0 Å². The van der Waals surface area contributed by atoms with Crippen LogP contribution >= 0.6 is 0 Å². The number of methoxy groups -OCH3 is 1. The van der Waals surface area contributed by atoms with Gasteiger partial charge in [0, 0.05) is 5.92 Å². The van der Waals surface area contributed by atoms with Gasteiger partial charge in [-0.15, -0.1) is 5.73 Å². The van der Waals surface area contributed by atoms with Crippen molar-refractivity contribution in [3.05, 3.63) is 16.9 Å². The molecule has 0 aliphatic heterocycles. The largest absolute Gasteiger partial charge is 0.465 e. The summed E-state index contributed by atoms with van der Waals surface area (Å²) in [5, 5.41) is 0. The molecule has 2 unspecified atom stereocenters. The zero-order valence-corrected chi connectivity index (χ0v) is 10.1. The number of ether oxygens (including phenoxy) is 1. The maximum Gasteiger partial charge on any atom is 0.341 e. The molecule has 0 aromatic carbocycles. The van der Waals surface area contributed by atoms with Gasteiger partial charge in [0.1, 0.15) is 0 Å². The van der Waals surface area contributed by atoms with Crippen LogP contribution in [0, 0.1) is 11.8 Å². The van der Waals surface area contributed by atoms with Gasteiger partial charge < -0.3 is 4.74 Å². The normalized spacial score (nSPS) is 22.9. The standard InChI is InChI=1S/C13H20O2/c1-5-6-10-8-11(10)12(7-9(2)3)13(14)15-4/h10-11H,5-6,8H2,1-4H3. The van der Waals surface area contributed by atoms with E-state index in [-0.39, 0.29) is 5.97 Å². The lowest BCUT2D eigenvalue weighted by Gasteiger charge is -2.01. The predicted octanol–water partition coefficient (Wildman–Crippen LogP) is 3.09. The highest BCUT2D eigenvalue weighted by atomic mass is 16.5. The van der Waals surface area contributed by atoms with Crippen LogP contribution in [0.15, 0.2) is 16.9 Å². The molecule has 1 fully saturated rings. The first-order valence-corrected chi connectivity index (χ1v) is 5.62. The molecule has 0 N–H and O–H groups in total. The van der Waals surface area contributed by atoms with Crippen molar-refractivity contribution in [3.63, 3.8) is 0 Å². The molecule has 1 saturated carbocycles. The van der Waals surface area contributed by atoms with Crippen LogP contribution in [-0.4, -0.2) is 13.1 Å². The number of esters is 1. The van der Waals surface area contributed by atoms with Gasteiger partial charge in [0.25, 0.3) is 0 Å². The molecule has 0 aromatic rings. The highest BCUT2D eigenvalue weighted by Gasteiger charge is 2.41. The van der Waals surface area contributed by atoms with Crippen molar-refractivity contribution in [1.82, 2.24) is 0 Å². The Hall–Kier alpha value is -1.01. The van der Waals surface area contributed by atoms with Crippen molar-refractivity contribution in [3.8, 4) is 0 Å². The third-order valence-electron chi connectivity index (χ3n) is 2.74. The molecule has 84 valence electrons. The van der Waals surface area contributed by atoms with E-state index in [0.29, 0.717) is 11.8 Å². The minimum absolute atomic E-state index is 0.209. The van der Waals surface area contributed by atoms with E-state index in [1.807, 2.05) is 13.8 Å². The SMILES string of the molecule is CCCC1CC1C(=C=C(C)C)C(=O)OC. The molecule has 2 nitrogen and oxygen atoms in total. The van der Waals surface area contributed by atoms with Crippen LogP contribution in [-0.2, 0) is 9.53 Å². The zero-order chi connectivity index (χ0) is 11.4. The van der Waals surface area contributed by atoms with Gasteiger partial charge in [0.15, 0.2) is 0 Å². The summed E-state index contributed by atoms with van der Waals surface area (Å²) < 4.78 is 4.79. The van der Waals surface area contributed by atoms with Gasteiger partial charge >= 0.3 is 5.97 Å². The molecular weight excluding hydrogens is 188 g/mol. The fraction of sp³-hybridized carbons (Fsp3) is 0.692. The highest BCUT2D eigenvalue weighted by Crippen LogP contribution is 2.47. The summed E-state index contributed by atoms with van der Waals surface area (Å²) in [5.41, 5.74) is 4.93. The molecule has 1 aliphatic rings. The van der Waals surface area contributed by atoms with Crippen molar-refractivity contribution in [2.75, 3.05) is 7.11 Å². The first kappa shape index (κ1) is 12.1. The van der Waals surface area contributed by atoms with E-state index in [9.17, 15) is 4.79 Å². The fourth-order valence-electron chi connectivity index (χ4n) is 1.97. The third-order valence-corrected chi connectivity index (χ3v) is 2.74. The second-order valence-corrected chi connectivity index (χ2v) is 4.42. The smallest absolute Gasteiger partial charge is 0.341 e. The molecule has 2 atom stereocenters. The van der Waals surface area contributed by atoms with E-state index in [1.165, 1.54) is 20.0 Å². The summed E-state index contributed by atoms with van der Waals surface area (Å²) in [7, 11) is 1.44. The molecule has 2 heteroatoms. The maximum atomic E-state index is 11.5. The first-order chi connectivity index (χ1) is 7.10. The number of carbonyl (C=O) groups excluding carboxylic acids is 1. The van der Waals surface area contributed by atoms with E-state index < -0.39 is 0 Å². The monoisotopic (exact) mass is 208 g/mol. The third kappa shape index (κ3) is 3.24. The molecule has 1 rings (SSSR count). The molecule has 0 heterocycles. The summed E-state index contributed by atoms with van der Waals surface area (Å²) in [4.78, 5) is 11.5. The molecule has 0 amide bonds. The van der Waals surface area contributed by atoms with Gasteiger partial charge in [-0.2, -0.15) is 0 Å². The number of hydrogen-bond acceptors (Lipinski definition) is 2. The predicted molar refractivity (Wildman–Crippen MR) is 60.4 cm³/mol. The molecule has 0 aromatic heterocycles. The fourth-order valence-corrected chi connectivity index (χ4v) is 1.97. The minimum atomic E-state index is -0.209. The van der Waals surface area contributed by atoms with E-state index in [4.69, 9.17) is 4.74 Å². The van der Waals surface area contributed by atoms with E-state index in [1.54, 1.807) is 0 Å². The molecule has 0 saturated heterocycles. The lowest BCUT2D eigenvalue weighted by atomic mass is 10.1. The Morgan fingerprint density at radius 2 is 2.13 bits per heavy atom. The Balaban J connectivity index is 2.78. The van der Waals surface area contributed by atoms with Crippen LogP contribution in [0.1, 0.15) is 40.0 Å². The van der Waals surface area contributed by atoms with Crippen molar-refractivity contribution >= 4 is 5.97 Å². The maximum absolute atomic E-state index is 11.5. The number of rotatable bonds is 4. The lowest BCUT2D eigenvalue weighted by Crippen LogP contribution is -2.06. The van der Waals surface area contributed by atoms with Crippen molar-refractivity contribution in [2.24, 2.45) is 11.8 Å². The molecule has 15 heavy (non-hydrogen) atoms. The molecular formula is C13H20O2. The minimum Gasteiger partial charge on any atom is -0.465 e. The quantitative estimate of drug-likeness (QED) is 0.403. The number of hydrogen-bond donors (Lipinski definition) is 0. The van der Waals surface area contributed by atoms with Gasteiger partial charge in [0.2, 0.25) is 0 Å². The molecule has 0 bridgehead atoms. The van der Waals surface area contributed by atoms with Crippen molar-refractivity contribution in [2.45, 2.75) is 40.0 Å². The van der Waals surface area contributed by atoms with Crippen molar-refractivity contribution in [1.29, 1.82) is 0 Å². The summed E-state index contributed by atoms with van der Waals surface area (Å²) in [6.45, 7) is 6.10. The second kappa shape index (κ2) is 5.18. The van der Waals surface area contributed by atoms with Crippen LogP contribution in [0.2, 0.25) is 0 Å². The summed E-state index contributed by atoms with van der Waals surface area (Å²) in [5.74, 6) is 0.864. The second-order valence-electron chi connectivity index (χ2n) is 4.42. The van der Waals surface area contributed by atoms with Gasteiger partial charge in [-0.25, -0.2) is 4.79 Å². The highest BCUT2D eigenvalue weighted by molar-refractivity contribution is 5.89. The van der Waals surface area contributed by atoms with E-state index in [2.05, 4.69) is 12.7 Å². The van der Waals surface area contributed by atoms with Crippen LogP contribution in [0.5, 0.6) is 0 Å². The average molecular weight is 208 g/mol. The Labute approximate surface area is 92.0 Å². The topological polar surface area (TPSA) is 26.3 Å². The van der Waals surface area contributed by atoms with Crippen LogP contribution in [0.4, 0.5) is 0 Å². The summed E-state index contributed by atoms with van der Waals surface area (Å²) in [6.07, 6.45) is 3.51. The zero-order valence-electron chi connectivity index (χ0n) is 10.1. The van der Waals surface area contributed by atoms with Crippen LogP contribution in [0.25, 0.3) is 0 Å². The first-order valence-electron chi connectivity index (χ1n) is 5.62. The van der Waals surface area contributed by atoms with Crippen LogP contribution in [0.3, 0.4) is 0 Å². The Bertz CT molecular complexity index is 304. The van der Waals surface area contributed by atoms with Crippen molar-refractivity contribution < 1.29 is 9.53 Å². The molecule has 1 aliphatic carbocycles. The van der Waals surface area contributed by atoms with Gasteiger partial charge in [0.05, 0.1) is 12.7 Å². The Kier molecular flexibility index (Phi) is 4.16. The summed E-state index contributed by atoms with van der Waals surface area (Å²) in [6, 6.07) is 0. The van der Waals surface area contributed by atoms with E-state index in [0.717, 1.165) is 17.6 Å². The Morgan fingerprint density at radius 3 is 2.60 bits per heavy atom. The summed E-state index contributed by atoms with van der Waals surface area (Å²) >= 11 is 0. The average Bonchev–Trinajstić information content (AvgIpc) is 2.93. The van der Waals surface area contributed by atoms with Crippen LogP contribution < -0.4 is 0 Å². The van der Waals surface area contributed by atoms with Gasteiger partial charge in [-0.1, -0.05) is 19.8 Å². The number of carbonyl (C=O) groups is 1.